The standard InChI is InChI=1S/C13H14F3N3O2/c1-2-18-8-11(20)19(12(18)21)6-5-10-4-3-9(7-17-10)13(14,15)16/h3-4,7H,2,5-6,8H2,1H3. The van der Waals surface area contributed by atoms with Gasteiger partial charge in [-0.15, -0.1) is 0 Å². The van der Waals surface area contributed by atoms with Crippen molar-refractivity contribution in [2.75, 3.05) is 19.6 Å². The van der Waals surface area contributed by atoms with E-state index >= 15 is 0 Å². The summed E-state index contributed by atoms with van der Waals surface area (Å²) < 4.78 is 37.2. The lowest BCUT2D eigenvalue weighted by Gasteiger charge is -2.15. The molecule has 0 spiro atoms. The third kappa shape index (κ3) is 3.32. The molecule has 21 heavy (non-hydrogen) atoms. The molecule has 2 heterocycles. The summed E-state index contributed by atoms with van der Waals surface area (Å²) in [6.45, 7) is 2.38. The Hall–Kier alpha value is -2.12. The number of likely N-dealkylation sites (N-methyl/N-ethyl adjacent to an activating group) is 1. The molecule has 1 aliphatic rings. The quantitative estimate of drug-likeness (QED) is 0.799. The van der Waals surface area contributed by atoms with Crippen LogP contribution in [0.3, 0.4) is 0 Å². The summed E-state index contributed by atoms with van der Waals surface area (Å²) in [6.07, 6.45) is -3.44. The average Bonchev–Trinajstić information content (AvgIpc) is 2.70. The average molecular weight is 301 g/mol. The van der Waals surface area contributed by atoms with E-state index < -0.39 is 11.7 Å². The van der Waals surface area contributed by atoms with Crippen molar-refractivity contribution in [2.24, 2.45) is 0 Å². The summed E-state index contributed by atoms with van der Waals surface area (Å²) in [5, 5.41) is 0. The van der Waals surface area contributed by atoms with E-state index in [-0.39, 0.29) is 31.4 Å². The SMILES string of the molecule is CCN1CC(=O)N(CCc2ccc(C(F)(F)F)cn2)C1=O. The van der Waals surface area contributed by atoms with E-state index in [0.29, 0.717) is 12.2 Å². The van der Waals surface area contributed by atoms with Gasteiger partial charge in [-0.25, -0.2) is 4.79 Å². The van der Waals surface area contributed by atoms with Crippen molar-refractivity contribution in [1.29, 1.82) is 0 Å². The Balaban J connectivity index is 1.97. The summed E-state index contributed by atoms with van der Waals surface area (Å²) in [5.41, 5.74) is -0.421. The number of carbonyl (C=O) groups excluding carboxylic acids is 2. The second-order valence-electron chi connectivity index (χ2n) is 4.63. The largest absolute Gasteiger partial charge is 0.417 e. The zero-order valence-electron chi connectivity index (χ0n) is 11.4. The molecule has 0 aliphatic carbocycles. The molecular weight excluding hydrogens is 287 g/mol. The van der Waals surface area contributed by atoms with Crippen molar-refractivity contribution in [3.05, 3.63) is 29.6 Å². The van der Waals surface area contributed by atoms with Crippen LogP contribution in [0.2, 0.25) is 0 Å². The molecule has 0 radical (unpaired) electrons. The summed E-state index contributed by atoms with van der Waals surface area (Å²) in [7, 11) is 0. The lowest BCUT2D eigenvalue weighted by Crippen LogP contribution is -2.34. The fraction of sp³-hybridized carbons (Fsp3) is 0.462. The van der Waals surface area contributed by atoms with Crippen LogP contribution in [0.4, 0.5) is 18.0 Å². The predicted molar refractivity (Wildman–Crippen MR) is 67.3 cm³/mol. The molecule has 1 aromatic rings. The number of imide groups is 1. The zero-order chi connectivity index (χ0) is 15.6. The molecule has 0 atom stereocenters. The van der Waals surface area contributed by atoms with Crippen LogP contribution in [0.1, 0.15) is 18.2 Å². The second kappa shape index (κ2) is 5.71. The van der Waals surface area contributed by atoms with Crippen LogP contribution in [0, 0.1) is 0 Å². The molecule has 1 aromatic heterocycles. The van der Waals surface area contributed by atoms with E-state index in [2.05, 4.69) is 4.98 Å². The number of aromatic nitrogens is 1. The van der Waals surface area contributed by atoms with Gasteiger partial charge < -0.3 is 4.90 Å². The Morgan fingerprint density at radius 1 is 1.29 bits per heavy atom. The van der Waals surface area contributed by atoms with Crippen LogP contribution in [-0.4, -0.2) is 46.4 Å². The van der Waals surface area contributed by atoms with Crippen LogP contribution >= 0.6 is 0 Å². The molecule has 1 saturated heterocycles. The molecule has 114 valence electrons. The first-order valence-electron chi connectivity index (χ1n) is 6.44. The highest BCUT2D eigenvalue weighted by molar-refractivity contribution is 6.01. The van der Waals surface area contributed by atoms with Gasteiger partial charge in [0.05, 0.1) is 5.56 Å². The van der Waals surface area contributed by atoms with Crippen LogP contribution in [0.25, 0.3) is 0 Å². The topological polar surface area (TPSA) is 53.5 Å². The Bertz CT molecular complexity index is 543. The number of nitrogens with zero attached hydrogens (tertiary/aromatic N) is 3. The maximum absolute atomic E-state index is 12.4. The first kappa shape index (κ1) is 15.3. The number of pyridine rings is 1. The maximum atomic E-state index is 12.4. The first-order valence-corrected chi connectivity index (χ1v) is 6.44. The molecule has 0 unspecified atom stereocenters. The summed E-state index contributed by atoms with van der Waals surface area (Å²) in [4.78, 5) is 29.7. The molecule has 0 bridgehead atoms. The number of alkyl halides is 3. The molecule has 2 rings (SSSR count). The van der Waals surface area contributed by atoms with Gasteiger partial charge in [0.25, 0.3) is 0 Å². The molecular formula is C13H14F3N3O2. The molecule has 1 fully saturated rings. The number of hydrogen-bond acceptors (Lipinski definition) is 3. The smallest absolute Gasteiger partial charge is 0.315 e. The molecule has 0 saturated carbocycles. The van der Waals surface area contributed by atoms with Gasteiger partial charge in [-0.2, -0.15) is 13.2 Å². The van der Waals surface area contributed by atoms with Crippen molar-refractivity contribution in [2.45, 2.75) is 19.5 Å². The van der Waals surface area contributed by atoms with Gasteiger partial charge in [-0.3, -0.25) is 14.7 Å². The fourth-order valence-corrected chi connectivity index (χ4v) is 2.03. The number of rotatable bonds is 4. The number of hydrogen-bond donors (Lipinski definition) is 0. The van der Waals surface area contributed by atoms with E-state index in [9.17, 15) is 22.8 Å². The number of halogens is 3. The van der Waals surface area contributed by atoms with Crippen molar-refractivity contribution < 1.29 is 22.8 Å². The van der Waals surface area contributed by atoms with E-state index in [0.717, 1.165) is 17.2 Å². The molecule has 5 nitrogen and oxygen atoms in total. The molecule has 0 aromatic carbocycles. The maximum Gasteiger partial charge on any atom is 0.417 e. The normalized spacial score (nSPS) is 16.0. The number of amides is 3. The lowest BCUT2D eigenvalue weighted by atomic mass is 10.2. The summed E-state index contributed by atoms with van der Waals surface area (Å²) in [5.74, 6) is -0.297. The second-order valence-corrected chi connectivity index (χ2v) is 4.63. The summed E-state index contributed by atoms with van der Waals surface area (Å²) in [6, 6.07) is 1.83. The van der Waals surface area contributed by atoms with Gasteiger partial charge >= 0.3 is 12.2 Å². The first-order chi connectivity index (χ1) is 9.82. The van der Waals surface area contributed by atoms with E-state index in [1.54, 1.807) is 6.92 Å². The Morgan fingerprint density at radius 2 is 2.00 bits per heavy atom. The van der Waals surface area contributed by atoms with Gasteiger partial charge in [0.2, 0.25) is 5.91 Å². The van der Waals surface area contributed by atoms with E-state index in [1.807, 2.05) is 0 Å². The number of carbonyl (C=O) groups is 2. The van der Waals surface area contributed by atoms with Crippen molar-refractivity contribution >= 4 is 11.9 Å². The van der Waals surface area contributed by atoms with Gasteiger partial charge in [-0.05, 0) is 19.1 Å². The Kier molecular flexibility index (Phi) is 4.15. The number of urea groups is 1. The van der Waals surface area contributed by atoms with Crippen molar-refractivity contribution in [1.82, 2.24) is 14.8 Å². The molecule has 8 heteroatoms. The van der Waals surface area contributed by atoms with Gasteiger partial charge in [-0.1, -0.05) is 0 Å². The van der Waals surface area contributed by atoms with Crippen LogP contribution < -0.4 is 0 Å². The Morgan fingerprint density at radius 3 is 2.48 bits per heavy atom. The molecule has 0 N–H and O–H groups in total. The fourth-order valence-electron chi connectivity index (χ4n) is 2.03. The zero-order valence-corrected chi connectivity index (χ0v) is 11.4. The molecule has 3 amide bonds. The van der Waals surface area contributed by atoms with E-state index in [1.165, 1.54) is 11.0 Å². The van der Waals surface area contributed by atoms with Crippen molar-refractivity contribution in [3.63, 3.8) is 0 Å². The van der Waals surface area contributed by atoms with Gasteiger partial charge in [0.1, 0.15) is 6.54 Å². The highest BCUT2D eigenvalue weighted by Crippen LogP contribution is 2.28. The predicted octanol–water partition coefficient (Wildman–Crippen LogP) is 1.93. The highest BCUT2D eigenvalue weighted by atomic mass is 19.4. The van der Waals surface area contributed by atoms with Crippen molar-refractivity contribution in [3.8, 4) is 0 Å². The minimum Gasteiger partial charge on any atom is -0.315 e. The third-order valence-corrected chi connectivity index (χ3v) is 3.25. The van der Waals surface area contributed by atoms with Crippen LogP contribution in [0.15, 0.2) is 18.3 Å². The summed E-state index contributed by atoms with van der Waals surface area (Å²) >= 11 is 0. The van der Waals surface area contributed by atoms with Crippen LogP contribution in [0.5, 0.6) is 0 Å². The van der Waals surface area contributed by atoms with E-state index in [4.69, 9.17) is 0 Å². The minimum absolute atomic E-state index is 0.0514. The van der Waals surface area contributed by atoms with Gasteiger partial charge in [0.15, 0.2) is 0 Å². The highest BCUT2D eigenvalue weighted by Gasteiger charge is 2.34. The monoisotopic (exact) mass is 301 g/mol. The van der Waals surface area contributed by atoms with Crippen LogP contribution in [-0.2, 0) is 17.4 Å². The third-order valence-electron chi connectivity index (χ3n) is 3.25. The van der Waals surface area contributed by atoms with Gasteiger partial charge in [0, 0.05) is 31.4 Å². The molecule has 1 aliphatic heterocycles. The Labute approximate surface area is 119 Å². The minimum atomic E-state index is -4.42. The lowest BCUT2D eigenvalue weighted by molar-refractivity contribution is -0.137.